The number of aryl methyl sites for hydroxylation is 1. The summed E-state index contributed by atoms with van der Waals surface area (Å²) in [7, 11) is 0. The number of hydrogen-bond donors (Lipinski definition) is 0. The van der Waals surface area contributed by atoms with Gasteiger partial charge >= 0.3 is 0 Å². The number of halogens is 2. The summed E-state index contributed by atoms with van der Waals surface area (Å²) in [4.78, 5) is 0. The highest BCUT2D eigenvalue weighted by atomic mass is 79.9. The predicted octanol–water partition coefficient (Wildman–Crippen LogP) is 4.61. The third kappa shape index (κ3) is 3.29. The van der Waals surface area contributed by atoms with Gasteiger partial charge in [-0.15, -0.1) is 0 Å². The Bertz CT molecular complexity index is 292. The summed E-state index contributed by atoms with van der Waals surface area (Å²) >= 11 is 9.70. The first-order valence-electron chi connectivity index (χ1n) is 4.98. The van der Waals surface area contributed by atoms with Gasteiger partial charge in [-0.25, -0.2) is 0 Å². The van der Waals surface area contributed by atoms with Crippen molar-refractivity contribution in [2.75, 3.05) is 5.33 Å². The highest BCUT2D eigenvalue weighted by Gasteiger charge is 2.08. The Kier molecular flexibility index (Phi) is 4.97. The first-order valence-corrected chi connectivity index (χ1v) is 6.48. The highest BCUT2D eigenvalue weighted by Crippen LogP contribution is 2.22. The van der Waals surface area contributed by atoms with Crippen LogP contribution in [-0.2, 0) is 6.42 Å². The molecule has 0 saturated carbocycles. The van der Waals surface area contributed by atoms with Crippen molar-refractivity contribution in [1.29, 1.82) is 0 Å². The molecule has 0 radical (unpaired) electrons. The van der Waals surface area contributed by atoms with Crippen LogP contribution in [0.4, 0.5) is 0 Å². The van der Waals surface area contributed by atoms with Crippen molar-refractivity contribution in [3.05, 3.63) is 34.3 Å². The van der Waals surface area contributed by atoms with Crippen molar-refractivity contribution in [3.8, 4) is 0 Å². The molecular weight excluding hydrogens is 259 g/mol. The van der Waals surface area contributed by atoms with Crippen LogP contribution in [0.3, 0.4) is 0 Å². The molecule has 1 rings (SSSR count). The Balaban J connectivity index is 2.76. The van der Waals surface area contributed by atoms with Gasteiger partial charge in [-0.05, 0) is 36.5 Å². The van der Waals surface area contributed by atoms with E-state index >= 15 is 0 Å². The average Bonchev–Trinajstić information content (AvgIpc) is 2.17. The lowest BCUT2D eigenvalue weighted by Gasteiger charge is -2.12. The quantitative estimate of drug-likeness (QED) is 0.704. The lowest BCUT2D eigenvalue weighted by atomic mass is 9.98. The third-order valence-electron chi connectivity index (χ3n) is 2.51. The van der Waals surface area contributed by atoms with Crippen molar-refractivity contribution < 1.29 is 0 Å². The second-order valence-corrected chi connectivity index (χ2v) is 4.78. The zero-order chi connectivity index (χ0) is 10.6. The van der Waals surface area contributed by atoms with Crippen LogP contribution in [0.2, 0.25) is 5.02 Å². The SMILES string of the molecule is CCC(CBr)Cc1ccc(C)cc1Cl. The lowest BCUT2D eigenvalue weighted by Crippen LogP contribution is -2.04. The van der Waals surface area contributed by atoms with E-state index < -0.39 is 0 Å². The third-order valence-corrected chi connectivity index (χ3v) is 3.78. The minimum atomic E-state index is 0.690. The van der Waals surface area contributed by atoms with E-state index in [0.717, 1.165) is 16.8 Å². The van der Waals surface area contributed by atoms with Gasteiger partial charge in [0.1, 0.15) is 0 Å². The zero-order valence-corrected chi connectivity index (χ0v) is 11.0. The van der Waals surface area contributed by atoms with E-state index in [1.165, 1.54) is 17.5 Å². The fraction of sp³-hybridized carbons (Fsp3) is 0.500. The van der Waals surface area contributed by atoms with Crippen LogP contribution < -0.4 is 0 Å². The maximum Gasteiger partial charge on any atom is 0.0440 e. The Morgan fingerprint density at radius 1 is 1.43 bits per heavy atom. The van der Waals surface area contributed by atoms with Crippen LogP contribution >= 0.6 is 27.5 Å². The van der Waals surface area contributed by atoms with Gasteiger partial charge in [0.25, 0.3) is 0 Å². The normalized spacial score (nSPS) is 12.9. The van der Waals surface area contributed by atoms with Gasteiger partial charge in [-0.2, -0.15) is 0 Å². The monoisotopic (exact) mass is 274 g/mol. The minimum absolute atomic E-state index is 0.690. The molecule has 0 spiro atoms. The van der Waals surface area contributed by atoms with E-state index in [0.29, 0.717) is 5.92 Å². The molecule has 0 N–H and O–H groups in total. The molecule has 0 nitrogen and oxygen atoms in total. The number of alkyl halides is 1. The van der Waals surface area contributed by atoms with Gasteiger partial charge in [0.15, 0.2) is 0 Å². The first-order chi connectivity index (χ1) is 6.67. The topological polar surface area (TPSA) is 0 Å². The number of benzene rings is 1. The van der Waals surface area contributed by atoms with Crippen LogP contribution in [-0.4, -0.2) is 5.33 Å². The number of hydrogen-bond acceptors (Lipinski definition) is 0. The van der Waals surface area contributed by atoms with E-state index in [4.69, 9.17) is 11.6 Å². The van der Waals surface area contributed by atoms with Gasteiger partial charge in [0.2, 0.25) is 0 Å². The van der Waals surface area contributed by atoms with E-state index in [-0.39, 0.29) is 0 Å². The molecule has 0 aromatic heterocycles. The van der Waals surface area contributed by atoms with Crippen molar-refractivity contribution in [3.63, 3.8) is 0 Å². The van der Waals surface area contributed by atoms with E-state index in [2.05, 4.69) is 41.9 Å². The van der Waals surface area contributed by atoms with Crippen molar-refractivity contribution in [2.24, 2.45) is 5.92 Å². The van der Waals surface area contributed by atoms with Crippen LogP contribution in [0.5, 0.6) is 0 Å². The standard InChI is InChI=1S/C12H16BrCl/c1-3-10(8-13)7-11-5-4-9(2)6-12(11)14/h4-6,10H,3,7-8H2,1-2H3. The smallest absolute Gasteiger partial charge is 0.0440 e. The zero-order valence-electron chi connectivity index (χ0n) is 8.69. The Hall–Kier alpha value is -0.0100. The fourth-order valence-electron chi connectivity index (χ4n) is 1.44. The minimum Gasteiger partial charge on any atom is -0.0925 e. The van der Waals surface area contributed by atoms with Gasteiger partial charge in [-0.3, -0.25) is 0 Å². The molecule has 0 saturated heterocycles. The van der Waals surface area contributed by atoms with Crippen LogP contribution in [0.15, 0.2) is 18.2 Å². The van der Waals surface area contributed by atoms with E-state index in [1.54, 1.807) is 0 Å². The molecule has 2 heteroatoms. The summed E-state index contributed by atoms with van der Waals surface area (Å²) < 4.78 is 0. The number of rotatable bonds is 4. The van der Waals surface area contributed by atoms with Crippen molar-refractivity contribution in [1.82, 2.24) is 0 Å². The Morgan fingerprint density at radius 3 is 2.64 bits per heavy atom. The van der Waals surface area contributed by atoms with Crippen LogP contribution in [0.25, 0.3) is 0 Å². The summed E-state index contributed by atoms with van der Waals surface area (Å²) in [5.74, 6) is 0.690. The fourth-order valence-corrected chi connectivity index (χ4v) is 2.44. The molecular formula is C12H16BrCl. The summed E-state index contributed by atoms with van der Waals surface area (Å²) in [6.45, 7) is 4.28. The van der Waals surface area contributed by atoms with Gasteiger partial charge in [-0.1, -0.05) is 53.0 Å². The summed E-state index contributed by atoms with van der Waals surface area (Å²) in [6.07, 6.45) is 2.26. The summed E-state index contributed by atoms with van der Waals surface area (Å²) in [5.41, 5.74) is 2.49. The molecule has 1 aromatic carbocycles. The van der Waals surface area contributed by atoms with Gasteiger partial charge < -0.3 is 0 Å². The van der Waals surface area contributed by atoms with Crippen LogP contribution in [0.1, 0.15) is 24.5 Å². The predicted molar refractivity (Wildman–Crippen MR) is 67.5 cm³/mol. The molecule has 1 atom stereocenters. The molecule has 0 fully saturated rings. The molecule has 0 heterocycles. The second-order valence-electron chi connectivity index (χ2n) is 3.73. The Labute approximate surface area is 99.8 Å². The molecule has 78 valence electrons. The molecule has 14 heavy (non-hydrogen) atoms. The average molecular weight is 276 g/mol. The summed E-state index contributed by atoms with van der Waals surface area (Å²) in [5, 5.41) is 1.96. The molecule has 0 aliphatic heterocycles. The molecule has 0 bridgehead atoms. The van der Waals surface area contributed by atoms with Crippen LogP contribution in [0, 0.1) is 12.8 Å². The largest absolute Gasteiger partial charge is 0.0925 e. The van der Waals surface area contributed by atoms with Crippen molar-refractivity contribution >= 4 is 27.5 Å². The molecule has 0 aliphatic carbocycles. The molecule has 1 unspecified atom stereocenters. The first kappa shape index (κ1) is 12.1. The Morgan fingerprint density at radius 2 is 2.14 bits per heavy atom. The second kappa shape index (κ2) is 5.77. The van der Waals surface area contributed by atoms with Gasteiger partial charge in [0, 0.05) is 10.4 Å². The maximum absolute atomic E-state index is 6.17. The van der Waals surface area contributed by atoms with E-state index in [9.17, 15) is 0 Å². The molecule has 0 aliphatic rings. The molecule has 0 amide bonds. The maximum atomic E-state index is 6.17. The highest BCUT2D eigenvalue weighted by molar-refractivity contribution is 9.09. The molecule has 1 aromatic rings. The van der Waals surface area contributed by atoms with Gasteiger partial charge in [0.05, 0.1) is 0 Å². The van der Waals surface area contributed by atoms with E-state index in [1.807, 2.05) is 6.07 Å². The lowest BCUT2D eigenvalue weighted by molar-refractivity contribution is 0.574. The van der Waals surface area contributed by atoms with Crippen molar-refractivity contribution in [2.45, 2.75) is 26.7 Å². The summed E-state index contributed by atoms with van der Waals surface area (Å²) in [6, 6.07) is 6.31.